The SMILES string of the molecule is COc1cc(/C=C\c2cc(Br)c(OC)c(N=CCC(=O)c3ccc(N)cc3)c2)cc(OC)c1OC. The number of ether oxygens (including phenoxy) is 4. The third-order valence-corrected chi connectivity index (χ3v) is 5.73. The van der Waals surface area contributed by atoms with Gasteiger partial charge < -0.3 is 24.7 Å². The van der Waals surface area contributed by atoms with Crippen molar-refractivity contribution in [3.63, 3.8) is 0 Å². The number of carbonyl (C=O) groups excluding carboxylic acids is 1. The van der Waals surface area contributed by atoms with Crippen molar-refractivity contribution in [1.82, 2.24) is 0 Å². The second-order valence-corrected chi connectivity index (χ2v) is 8.26. The molecule has 3 rings (SSSR count). The Morgan fingerprint density at radius 3 is 1.97 bits per heavy atom. The molecule has 0 spiro atoms. The first-order valence-corrected chi connectivity index (χ1v) is 11.5. The van der Waals surface area contributed by atoms with Crippen LogP contribution in [0.1, 0.15) is 27.9 Å². The van der Waals surface area contributed by atoms with Crippen LogP contribution in [0.3, 0.4) is 0 Å². The number of ketones is 1. The lowest BCUT2D eigenvalue weighted by Gasteiger charge is -2.13. The fourth-order valence-corrected chi connectivity index (χ4v) is 4.03. The van der Waals surface area contributed by atoms with Gasteiger partial charge in [-0.2, -0.15) is 0 Å². The average Bonchev–Trinajstić information content (AvgIpc) is 2.86. The number of aliphatic imine (C=N–C) groups is 1. The third-order valence-electron chi connectivity index (χ3n) is 5.15. The van der Waals surface area contributed by atoms with Crippen LogP contribution in [-0.4, -0.2) is 40.4 Å². The van der Waals surface area contributed by atoms with Crippen LogP contribution >= 0.6 is 15.9 Å². The van der Waals surface area contributed by atoms with E-state index in [9.17, 15) is 4.79 Å². The number of nitrogens with zero attached hydrogens (tertiary/aromatic N) is 1. The van der Waals surface area contributed by atoms with Crippen LogP contribution in [0, 0.1) is 0 Å². The molecule has 0 saturated carbocycles. The predicted molar refractivity (Wildman–Crippen MR) is 144 cm³/mol. The van der Waals surface area contributed by atoms with Gasteiger partial charge in [0.15, 0.2) is 23.0 Å². The number of hydrogen-bond acceptors (Lipinski definition) is 7. The minimum atomic E-state index is -0.0507. The minimum Gasteiger partial charge on any atom is -0.493 e. The Morgan fingerprint density at radius 1 is 0.857 bits per heavy atom. The van der Waals surface area contributed by atoms with Crippen LogP contribution in [0.15, 0.2) is 58.0 Å². The van der Waals surface area contributed by atoms with Gasteiger partial charge in [0, 0.05) is 23.9 Å². The molecule has 0 bridgehead atoms. The van der Waals surface area contributed by atoms with Gasteiger partial charge in [-0.25, -0.2) is 0 Å². The van der Waals surface area contributed by atoms with Crippen LogP contribution in [0.4, 0.5) is 11.4 Å². The number of anilines is 1. The minimum absolute atomic E-state index is 0.0507. The van der Waals surface area contributed by atoms with Gasteiger partial charge in [-0.05, 0) is 75.6 Å². The summed E-state index contributed by atoms with van der Waals surface area (Å²) < 4.78 is 22.5. The van der Waals surface area contributed by atoms with E-state index < -0.39 is 0 Å². The maximum Gasteiger partial charge on any atom is 0.203 e. The van der Waals surface area contributed by atoms with E-state index in [-0.39, 0.29) is 12.2 Å². The van der Waals surface area contributed by atoms with E-state index in [2.05, 4.69) is 20.9 Å². The van der Waals surface area contributed by atoms with Crippen molar-refractivity contribution in [2.75, 3.05) is 34.2 Å². The molecule has 0 saturated heterocycles. The van der Waals surface area contributed by atoms with Crippen molar-refractivity contribution in [2.45, 2.75) is 6.42 Å². The Balaban J connectivity index is 1.85. The smallest absolute Gasteiger partial charge is 0.203 e. The lowest BCUT2D eigenvalue weighted by atomic mass is 10.1. The molecule has 0 amide bonds. The maximum absolute atomic E-state index is 12.4. The molecule has 0 heterocycles. The highest BCUT2D eigenvalue weighted by Gasteiger charge is 2.13. The highest BCUT2D eigenvalue weighted by Crippen LogP contribution is 2.39. The molecule has 0 atom stereocenters. The number of nitrogen functional groups attached to an aromatic ring is 1. The summed E-state index contributed by atoms with van der Waals surface area (Å²) >= 11 is 3.55. The van der Waals surface area contributed by atoms with E-state index >= 15 is 0 Å². The summed E-state index contributed by atoms with van der Waals surface area (Å²) in [5.74, 6) is 2.19. The average molecular weight is 539 g/mol. The van der Waals surface area contributed by atoms with Crippen molar-refractivity contribution in [3.05, 3.63) is 69.7 Å². The molecule has 3 aromatic carbocycles. The topological polar surface area (TPSA) is 92.4 Å². The molecule has 0 unspecified atom stereocenters. The summed E-state index contributed by atoms with van der Waals surface area (Å²) in [4.78, 5) is 16.9. The van der Waals surface area contributed by atoms with Crippen LogP contribution in [-0.2, 0) is 0 Å². The number of hydrogen-bond donors (Lipinski definition) is 1. The molecule has 0 aliphatic heterocycles. The van der Waals surface area contributed by atoms with Gasteiger partial charge in [0.2, 0.25) is 5.75 Å². The van der Waals surface area contributed by atoms with Crippen molar-refractivity contribution in [3.8, 4) is 23.0 Å². The number of carbonyl (C=O) groups is 1. The van der Waals surface area contributed by atoms with Gasteiger partial charge in [0.05, 0.1) is 32.9 Å². The molecule has 0 fully saturated rings. The van der Waals surface area contributed by atoms with Crippen LogP contribution < -0.4 is 24.7 Å². The van der Waals surface area contributed by atoms with Crippen LogP contribution in [0.25, 0.3) is 12.2 Å². The number of halogens is 1. The van der Waals surface area contributed by atoms with E-state index in [1.165, 1.54) is 0 Å². The molecular formula is C27H27BrN2O5. The van der Waals surface area contributed by atoms with Gasteiger partial charge in [-0.15, -0.1) is 0 Å². The Bertz CT molecular complexity index is 1230. The molecular weight excluding hydrogens is 512 g/mol. The Morgan fingerprint density at radius 2 is 1.43 bits per heavy atom. The highest BCUT2D eigenvalue weighted by atomic mass is 79.9. The predicted octanol–water partition coefficient (Wildman–Crippen LogP) is 6.21. The molecule has 0 aliphatic rings. The monoisotopic (exact) mass is 538 g/mol. The van der Waals surface area contributed by atoms with E-state index in [4.69, 9.17) is 24.7 Å². The number of benzene rings is 3. The molecule has 3 aromatic rings. The summed E-state index contributed by atoms with van der Waals surface area (Å²) in [6, 6.07) is 14.3. The van der Waals surface area contributed by atoms with Crippen LogP contribution in [0.2, 0.25) is 0 Å². The zero-order valence-corrected chi connectivity index (χ0v) is 21.6. The van der Waals surface area contributed by atoms with E-state index in [1.807, 2.05) is 36.4 Å². The van der Waals surface area contributed by atoms with Gasteiger partial charge in [-0.3, -0.25) is 9.79 Å². The molecule has 0 aliphatic carbocycles. The summed E-state index contributed by atoms with van der Waals surface area (Å²) in [7, 11) is 6.29. The lowest BCUT2D eigenvalue weighted by molar-refractivity contribution is 0.100. The quantitative estimate of drug-likeness (QED) is 0.143. The first kappa shape index (κ1) is 25.8. The lowest BCUT2D eigenvalue weighted by Crippen LogP contribution is -1.99. The van der Waals surface area contributed by atoms with Crippen molar-refractivity contribution >= 4 is 51.5 Å². The number of nitrogens with two attached hydrogens (primary N) is 1. The van der Waals surface area contributed by atoms with E-state index in [0.29, 0.717) is 39.9 Å². The number of rotatable bonds is 10. The fraction of sp³-hybridized carbons (Fsp3) is 0.185. The molecule has 8 heteroatoms. The third kappa shape index (κ3) is 6.42. The van der Waals surface area contributed by atoms with Crippen molar-refractivity contribution < 1.29 is 23.7 Å². The summed E-state index contributed by atoms with van der Waals surface area (Å²) in [6.07, 6.45) is 5.59. The second kappa shape index (κ2) is 12.1. The number of Topliss-reactive ketones (excluding diaryl/α,β-unsaturated/α-hetero) is 1. The normalized spacial score (nSPS) is 11.1. The summed E-state index contributed by atoms with van der Waals surface area (Å²) in [6.45, 7) is 0. The molecule has 0 radical (unpaired) electrons. The first-order chi connectivity index (χ1) is 16.9. The van der Waals surface area contributed by atoms with E-state index in [1.54, 1.807) is 58.9 Å². The zero-order valence-electron chi connectivity index (χ0n) is 20.0. The van der Waals surface area contributed by atoms with E-state index in [0.717, 1.165) is 15.6 Å². The maximum atomic E-state index is 12.4. The molecule has 35 heavy (non-hydrogen) atoms. The molecule has 182 valence electrons. The Hall–Kier alpha value is -3.78. The standard InChI is InChI=1S/C27H27BrN2O5/c1-32-24-15-18(16-25(33-2)27(24)35-4)6-5-17-13-21(28)26(34-3)22(14-17)30-12-11-23(31)19-7-9-20(29)10-8-19/h5-10,12-16H,11,29H2,1-4H3/b6-5-,30-12?. The van der Waals surface area contributed by atoms with Gasteiger partial charge in [0.25, 0.3) is 0 Å². The Labute approximate surface area is 213 Å². The molecule has 0 aromatic heterocycles. The Kier molecular flexibility index (Phi) is 8.92. The molecule has 7 nitrogen and oxygen atoms in total. The first-order valence-electron chi connectivity index (χ1n) is 10.7. The fourth-order valence-electron chi connectivity index (χ4n) is 3.40. The summed E-state index contributed by atoms with van der Waals surface area (Å²) in [5, 5.41) is 0. The zero-order chi connectivity index (χ0) is 25.4. The van der Waals surface area contributed by atoms with Crippen molar-refractivity contribution in [1.29, 1.82) is 0 Å². The largest absolute Gasteiger partial charge is 0.493 e. The highest BCUT2D eigenvalue weighted by molar-refractivity contribution is 9.10. The second-order valence-electron chi connectivity index (χ2n) is 7.41. The van der Waals surface area contributed by atoms with Gasteiger partial charge >= 0.3 is 0 Å². The molecule has 2 N–H and O–H groups in total. The van der Waals surface area contributed by atoms with Crippen LogP contribution in [0.5, 0.6) is 23.0 Å². The number of methoxy groups -OCH3 is 4. The van der Waals surface area contributed by atoms with Gasteiger partial charge in [-0.1, -0.05) is 12.2 Å². The van der Waals surface area contributed by atoms with Gasteiger partial charge in [0.1, 0.15) is 5.69 Å². The summed E-state index contributed by atoms with van der Waals surface area (Å²) in [5.41, 5.74) is 9.22. The van der Waals surface area contributed by atoms with Crippen molar-refractivity contribution in [2.24, 2.45) is 4.99 Å².